The van der Waals surface area contributed by atoms with Crippen molar-refractivity contribution in [1.82, 2.24) is 4.90 Å². The molecule has 0 fully saturated rings. The first-order valence-corrected chi connectivity index (χ1v) is 10.4. The van der Waals surface area contributed by atoms with Gasteiger partial charge >= 0.3 is 0 Å². The number of nitrogens with zero attached hydrogens (tertiary/aromatic N) is 2. The maximum atomic E-state index is 3.63. The van der Waals surface area contributed by atoms with Crippen LogP contribution in [-0.2, 0) is 0 Å². The molecular formula is C26H35N3. The zero-order chi connectivity index (χ0) is 21.5. The topological polar surface area (TPSA) is 18.5 Å². The van der Waals surface area contributed by atoms with Gasteiger partial charge < -0.3 is 15.1 Å². The number of hydrogen-bond acceptors (Lipinski definition) is 3. The van der Waals surface area contributed by atoms with E-state index in [9.17, 15) is 0 Å². The molecule has 154 valence electrons. The second kappa shape index (κ2) is 7.98. The van der Waals surface area contributed by atoms with Crippen LogP contribution in [0.4, 0.5) is 11.4 Å². The molecule has 0 spiro atoms. The van der Waals surface area contributed by atoms with Crippen molar-refractivity contribution in [3.63, 3.8) is 0 Å². The van der Waals surface area contributed by atoms with Gasteiger partial charge in [0.1, 0.15) is 0 Å². The van der Waals surface area contributed by atoms with Crippen molar-refractivity contribution < 1.29 is 0 Å². The predicted molar refractivity (Wildman–Crippen MR) is 126 cm³/mol. The largest absolute Gasteiger partial charge is 0.358 e. The van der Waals surface area contributed by atoms with Gasteiger partial charge in [-0.3, -0.25) is 0 Å². The third kappa shape index (κ3) is 4.19. The van der Waals surface area contributed by atoms with E-state index < -0.39 is 0 Å². The summed E-state index contributed by atoms with van der Waals surface area (Å²) < 4.78 is 0. The average molecular weight is 390 g/mol. The molecule has 3 rings (SSSR count). The van der Waals surface area contributed by atoms with Crippen LogP contribution in [0.15, 0.2) is 47.6 Å². The van der Waals surface area contributed by atoms with Gasteiger partial charge in [-0.25, -0.2) is 0 Å². The first kappa shape index (κ1) is 21.0. The number of benzene rings is 2. The lowest BCUT2D eigenvalue weighted by molar-refractivity contribution is 0.505. The van der Waals surface area contributed by atoms with E-state index in [1.165, 1.54) is 56.1 Å². The van der Waals surface area contributed by atoms with Crippen molar-refractivity contribution in [2.24, 2.45) is 0 Å². The van der Waals surface area contributed by atoms with Gasteiger partial charge in [0.2, 0.25) is 0 Å². The van der Waals surface area contributed by atoms with E-state index in [0.717, 1.165) is 12.4 Å². The smallest absolute Gasteiger partial charge is 0.0989 e. The quantitative estimate of drug-likeness (QED) is 0.617. The van der Waals surface area contributed by atoms with Gasteiger partial charge in [0.25, 0.3) is 0 Å². The summed E-state index contributed by atoms with van der Waals surface area (Å²) in [6, 6.07) is 9.02. The minimum atomic E-state index is 0.841. The summed E-state index contributed by atoms with van der Waals surface area (Å²) in [7, 11) is 0. The Balaban J connectivity index is 1.87. The lowest BCUT2D eigenvalue weighted by Gasteiger charge is -2.26. The van der Waals surface area contributed by atoms with Crippen LogP contribution in [0.3, 0.4) is 0 Å². The van der Waals surface area contributed by atoms with Gasteiger partial charge in [0, 0.05) is 34.7 Å². The standard InChI is InChI=1S/C26H35N3/c1-16-10-18(3)25(19(4)11-16)27-22(7)14-28-15-29(24(9)23(28)8)26-20(5)12-17(2)13-21(26)6/h10-14,27H,15H2,1-9H3/b22-14-. The Morgan fingerprint density at radius 3 is 1.76 bits per heavy atom. The molecule has 3 nitrogen and oxygen atoms in total. The molecule has 29 heavy (non-hydrogen) atoms. The van der Waals surface area contributed by atoms with Crippen molar-refractivity contribution in [2.45, 2.75) is 62.3 Å². The molecule has 1 heterocycles. The lowest BCUT2D eigenvalue weighted by Crippen LogP contribution is -2.26. The molecule has 0 aromatic heterocycles. The Morgan fingerprint density at radius 1 is 0.759 bits per heavy atom. The van der Waals surface area contributed by atoms with E-state index in [1.807, 2.05) is 0 Å². The van der Waals surface area contributed by atoms with E-state index in [1.54, 1.807) is 0 Å². The fourth-order valence-corrected chi connectivity index (χ4v) is 4.58. The molecule has 0 aliphatic carbocycles. The molecule has 0 unspecified atom stereocenters. The van der Waals surface area contributed by atoms with E-state index in [4.69, 9.17) is 0 Å². The zero-order valence-electron chi connectivity index (χ0n) is 19.5. The predicted octanol–water partition coefficient (Wildman–Crippen LogP) is 6.84. The summed E-state index contributed by atoms with van der Waals surface area (Å²) in [4.78, 5) is 4.78. The van der Waals surface area contributed by atoms with Crippen LogP contribution >= 0.6 is 0 Å². The molecule has 0 bridgehead atoms. The molecule has 2 aromatic rings. The Kier molecular flexibility index (Phi) is 5.79. The molecule has 0 atom stereocenters. The number of allylic oxidation sites excluding steroid dienone is 3. The maximum absolute atomic E-state index is 3.63. The Bertz CT molecular complexity index is 965. The van der Waals surface area contributed by atoms with E-state index in [2.05, 4.69) is 108 Å². The van der Waals surface area contributed by atoms with E-state index in [0.29, 0.717) is 0 Å². The summed E-state index contributed by atoms with van der Waals surface area (Å²) in [6.07, 6.45) is 2.23. The highest BCUT2D eigenvalue weighted by molar-refractivity contribution is 5.65. The third-order valence-corrected chi connectivity index (χ3v) is 5.91. The normalized spacial score (nSPS) is 14.9. The van der Waals surface area contributed by atoms with E-state index >= 15 is 0 Å². The van der Waals surface area contributed by atoms with Gasteiger partial charge in [-0.05, 0) is 84.6 Å². The summed E-state index contributed by atoms with van der Waals surface area (Å²) in [6.45, 7) is 20.5. The average Bonchev–Trinajstić information content (AvgIpc) is 2.86. The van der Waals surface area contributed by atoms with Crippen LogP contribution < -0.4 is 10.2 Å². The Labute approximate surface area is 176 Å². The summed E-state index contributed by atoms with van der Waals surface area (Å²) in [5, 5.41) is 3.63. The van der Waals surface area contributed by atoms with Crippen LogP contribution in [0.2, 0.25) is 0 Å². The highest BCUT2D eigenvalue weighted by Crippen LogP contribution is 2.35. The number of anilines is 2. The molecule has 1 aliphatic rings. The fraction of sp³-hybridized carbons (Fsp3) is 0.385. The Hall–Kier alpha value is -2.68. The summed E-state index contributed by atoms with van der Waals surface area (Å²) >= 11 is 0. The van der Waals surface area contributed by atoms with Crippen LogP contribution in [0.5, 0.6) is 0 Å². The third-order valence-electron chi connectivity index (χ3n) is 5.91. The number of aryl methyl sites for hydroxylation is 6. The highest BCUT2D eigenvalue weighted by Gasteiger charge is 2.25. The molecule has 1 N–H and O–H groups in total. The minimum absolute atomic E-state index is 0.841. The van der Waals surface area contributed by atoms with Gasteiger partial charge in [-0.1, -0.05) is 35.4 Å². The molecule has 0 radical (unpaired) electrons. The first-order chi connectivity index (χ1) is 13.6. The van der Waals surface area contributed by atoms with Gasteiger partial charge in [0.15, 0.2) is 0 Å². The number of hydrogen-bond donors (Lipinski definition) is 1. The van der Waals surface area contributed by atoms with Crippen molar-refractivity contribution in [2.75, 3.05) is 16.9 Å². The van der Waals surface area contributed by atoms with E-state index in [-0.39, 0.29) is 0 Å². The van der Waals surface area contributed by atoms with Crippen LogP contribution in [0.1, 0.15) is 54.2 Å². The molecule has 0 saturated heterocycles. The fourth-order valence-electron chi connectivity index (χ4n) is 4.58. The van der Waals surface area contributed by atoms with Gasteiger partial charge in [-0.2, -0.15) is 0 Å². The minimum Gasteiger partial charge on any atom is -0.358 e. The monoisotopic (exact) mass is 389 g/mol. The second-order valence-corrected chi connectivity index (χ2v) is 8.67. The SMILES string of the molecule is CC1=C(C)N(c2c(C)cc(C)cc2C)CN1/C=C(/C)Nc1c(C)cc(C)cc1C. The molecule has 3 heteroatoms. The highest BCUT2D eigenvalue weighted by atomic mass is 15.4. The van der Waals surface area contributed by atoms with Crippen molar-refractivity contribution in [1.29, 1.82) is 0 Å². The number of nitrogens with one attached hydrogen (secondary N) is 1. The molecule has 0 saturated carbocycles. The zero-order valence-corrected chi connectivity index (χ0v) is 19.5. The van der Waals surface area contributed by atoms with Crippen LogP contribution in [0.25, 0.3) is 0 Å². The molecule has 1 aliphatic heterocycles. The summed E-state index contributed by atoms with van der Waals surface area (Å²) in [5.41, 5.74) is 14.2. The number of rotatable bonds is 4. The van der Waals surface area contributed by atoms with Gasteiger partial charge in [-0.15, -0.1) is 0 Å². The molecular weight excluding hydrogens is 354 g/mol. The van der Waals surface area contributed by atoms with Crippen molar-refractivity contribution >= 4 is 11.4 Å². The van der Waals surface area contributed by atoms with Crippen LogP contribution in [-0.4, -0.2) is 11.6 Å². The summed E-state index contributed by atoms with van der Waals surface area (Å²) in [5.74, 6) is 0. The maximum Gasteiger partial charge on any atom is 0.0989 e. The van der Waals surface area contributed by atoms with Gasteiger partial charge in [0.05, 0.1) is 6.67 Å². The Morgan fingerprint density at radius 2 is 1.24 bits per heavy atom. The second-order valence-electron chi connectivity index (χ2n) is 8.67. The van der Waals surface area contributed by atoms with Crippen molar-refractivity contribution in [3.8, 4) is 0 Å². The molecule has 2 aromatic carbocycles. The lowest BCUT2D eigenvalue weighted by atomic mass is 10.0. The first-order valence-electron chi connectivity index (χ1n) is 10.4. The van der Waals surface area contributed by atoms with Crippen LogP contribution in [0, 0.1) is 41.5 Å². The molecule has 0 amide bonds. The van der Waals surface area contributed by atoms with Crippen molar-refractivity contribution in [3.05, 3.63) is 80.9 Å².